The molecule has 1 atom stereocenters. The predicted octanol–water partition coefficient (Wildman–Crippen LogP) is 2.30. The summed E-state index contributed by atoms with van der Waals surface area (Å²) in [6.45, 7) is 1.07. The van der Waals surface area contributed by atoms with Crippen LogP contribution in [0.5, 0.6) is 0 Å². The van der Waals surface area contributed by atoms with Gasteiger partial charge in [0, 0.05) is 12.6 Å². The summed E-state index contributed by atoms with van der Waals surface area (Å²) in [6, 6.07) is 4.06. The van der Waals surface area contributed by atoms with Crippen LogP contribution < -0.4 is 0 Å². The van der Waals surface area contributed by atoms with E-state index in [9.17, 15) is 14.9 Å². The standard InChI is InChI=1S/C12H13ClN2O4/c13-9-4-3-8(6-11(9)15(18)19)7-14-5-1-2-10(14)12(16)17/h3-4,6,10H,1-2,5,7H2,(H,16,17)/t10-/m1/s1. The number of carboxylic acids is 1. The van der Waals surface area contributed by atoms with Crippen molar-refractivity contribution in [3.63, 3.8) is 0 Å². The number of nitro benzene ring substituents is 1. The highest BCUT2D eigenvalue weighted by Crippen LogP contribution is 2.27. The molecule has 1 aromatic rings. The zero-order valence-corrected chi connectivity index (χ0v) is 10.8. The first-order valence-electron chi connectivity index (χ1n) is 5.88. The van der Waals surface area contributed by atoms with Crippen molar-refractivity contribution >= 4 is 23.3 Å². The summed E-state index contributed by atoms with van der Waals surface area (Å²) < 4.78 is 0. The monoisotopic (exact) mass is 284 g/mol. The molecule has 1 N–H and O–H groups in total. The normalized spacial score (nSPS) is 19.5. The highest BCUT2D eigenvalue weighted by Gasteiger charge is 2.30. The van der Waals surface area contributed by atoms with Crippen molar-refractivity contribution in [2.75, 3.05) is 6.54 Å². The number of halogens is 1. The summed E-state index contributed by atoms with van der Waals surface area (Å²) in [4.78, 5) is 23.1. The number of likely N-dealkylation sites (tertiary alicyclic amines) is 1. The fourth-order valence-electron chi connectivity index (χ4n) is 2.33. The Morgan fingerprint density at radius 3 is 2.95 bits per heavy atom. The third-order valence-corrected chi connectivity index (χ3v) is 3.56. The smallest absolute Gasteiger partial charge is 0.320 e. The van der Waals surface area contributed by atoms with Gasteiger partial charge in [-0.2, -0.15) is 0 Å². The molecule has 0 aromatic heterocycles. The Morgan fingerprint density at radius 2 is 2.32 bits per heavy atom. The van der Waals surface area contributed by atoms with Crippen LogP contribution in [0.25, 0.3) is 0 Å². The van der Waals surface area contributed by atoms with Crippen molar-refractivity contribution in [2.24, 2.45) is 0 Å². The second kappa shape index (κ2) is 5.54. The number of rotatable bonds is 4. The van der Waals surface area contributed by atoms with Crippen LogP contribution >= 0.6 is 11.6 Å². The molecule has 2 rings (SSSR count). The Morgan fingerprint density at radius 1 is 1.58 bits per heavy atom. The van der Waals surface area contributed by atoms with E-state index in [0.29, 0.717) is 25.1 Å². The Hall–Kier alpha value is -1.66. The van der Waals surface area contributed by atoms with Crippen LogP contribution in [-0.4, -0.2) is 33.5 Å². The van der Waals surface area contributed by atoms with Gasteiger partial charge in [0.05, 0.1) is 4.92 Å². The highest BCUT2D eigenvalue weighted by molar-refractivity contribution is 6.32. The summed E-state index contributed by atoms with van der Waals surface area (Å²) >= 11 is 5.74. The van der Waals surface area contributed by atoms with Gasteiger partial charge in [0.15, 0.2) is 0 Å². The summed E-state index contributed by atoms with van der Waals surface area (Å²) in [5.74, 6) is -0.846. The number of aliphatic carboxylic acids is 1. The van der Waals surface area contributed by atoms with Crippen molar-refractivity contribution in [3.8, 4) is 0 Å². The lowest BCUT2D eigenvalue weighted by Gasteiger charge is -2.20. The summed E-state index contributed by atoms with van der Waals surface area (Å²) in [6.07, 6.45) is 1.44. The summed E-state index contributed by atoms with van der Waals surface area (Å²) in [5, 5.41) is 20.0. The molecular formula is C12H13ClN2O4. The van der Waals surface area contributed by atoms with E-state index < -0.39 is 16.9 Å². The molecule has 0 radical (unpaired) electrons. The maximum atomic E-state index is 11.1. The molecule has 102 valence electrons. The molecule has 1 aromatic carbocycles. The van der Waals surface area contributed by atoms with Crippen LogP contribution in [0.2, 0.25) is 5.02 Å². The fraction of sp³-hybridized carbons (Fsp3) is 0.417. The van der Waals surface area contributed by atoms with Gasteiger partial charge in [0.2, 0.25) is 0 Å². The molecule has 7 heteroatoms. The quantitative estimate of drug-likeness (QED) is 0.677. The SMILES string of the molecule is O=C(O)[C@H]1CCCN1Cc1ccc(Cl)c([N+](=O)[O-])c1. The third kappa shape index (κ3) is 3.02. The number of benzene rings is 1. The molecule has 1 aliphatic rings. The lowest BCUT2D eigenvalue weighted by atomic mass is 10.1. The molecule has 0 spiro atoms. The number of nitrogens with zero attached hydrogens (tertiary/aromatic N) is 2. The van der Waals surface area contributed by atoms with E-state index in [2.05, 4.69) is 0 Å². The van der Waals surface area contributed by atoms with E-state index in [1.807, 2.05) is 4.90 Å². The second-order valence-corrected chi connectivity index (χ2v) is 4.92. The van der Waals surface area contributed by atoms with Gasteiger partial charge < -0.3 is 5.11 Å². The van der Waals surface area contributed by atoms with Crippen LogP contribution in [0.3, 0.4) is 0 Å². The molecule has 0 saturated carbocycles. The Balaban J connectivity index is 2.17. The predicted molar refractivity (Wildman–Crippen MR) is 69.2 cm³/mol. The first kappa shape index (κ1) is 13.8. The van der Waals surface area contributed by atoms with Crippen molar-refractivity contribution in [1.82, 2.24) is 4.90 Å². The number of hydrogen-bond donors (Lipinski definition) is 1. The van der Waals surface area contributed by atoms with Gasteiger partial charge in [-0.15, -0.1) is 0 Å². The van der Waals surface area contributed by atoms with Gasteiger partial charge in [-0.3, -0.25) is 19.8 Å². The minimum Gasteiger partial charge on any atom is -0.480 e. The van der Waals surface area contributed by atoms with Gasteiger partial charge >= 0.3 is 5.97 Å². The largest absolute Gasteiger partial charge is 0.480 e. The highest BCUT2D eigenvalue weighted by atomic mass is 35.5. The molecular weight excluding hydrogens is 272 g/mol. The molecule has 0 bridgehead atoms. The van der Waals surface area contributed by atoms with Gasteiger partial charge in [-0.05, 0) is 31.0 Å². The van der Waals surface area contributed by atoms with E-state index in [1.54, 1.807) is 6.07 Å². The summed E-state index contributed by atoms with van der Waals surface area (Å²) in [5.41, 5.74) is 0.550. The number of hydrogen-bond acceptors (Lipinski definition) is 4. The topological polar surface area (TPSA) is 83.7 Å². The first-order valence-corrected chi connectivity index (χ1v) is 6.26. The molecule has 6 nitrogen and oxygen atoms in total. The second-order valence-electron chi connectivity index (χ2n) is 4.51. The van der Waals surface area contributed by atoms with Crippen LogP contribution in [0.15, 0.2) is 18.2 Å². The number of carboxylic acid groups (broad SMARTS) is 1. The van der Waals surface area contributed by atoms with E-state index in [4.69, 9.17) is 16.7 Å². The van der Waals surface area contributed by atoms with Crippen LogP contribution in [0, 0.1) is 10.1 Å². The average Bonchev–Trinajstić information content (AvgIpc) is 2.79. The van der Waals surface area contributed by atoms with Gasteiger partial charge in [-0.25, -0.2) is 0 Å². The fourth-order valence-corrected chi connectivity index (χ4v) is 2.51. The van der Waals surface area contributed by atoms with Crippen molar-refractivity contribution in [1.29, 1.82) is 0 Å². The molecule has 0 unspecified atom stereocenters. The Bertz CT molecular complexity index is 520. The van der Waals surface area contributed by atoms with E-state index >= 15 is 0 Å². The molecule has 1 saturated heterocycles. The Kier molecular flexibility index (Phi) is 4.01. The van der Waals surface area contributed by atoms with Gasteiger partial charge in [0.25, 0.3) is 5.69 Å². The Labute approximate surface area is 114 Å². The molecule has 1 heterocycles. The molecule has 1 aliphatic heterocycles. The zero-order valence-electron chi connectivity index (χ0n) is 10.1. The van der Waals surface area contributed by atoms with Gasteiger partial charge in [0.1, 0.15) is 11.1 Å². The molecule has 0 aliphatic carbocycles. The molecule has 0 amide bonds. The number of nitro groups is 1. The van der Waals surface area contributed by atoms with E-state index in [0.717, 1.165) is 6.42 Å². The van der Waals surface area contributed by atoms with E-state index in [1.165, 1.54) is 12.1 Å². The van der Waals surface area contributed by atoms with Crippen molar-refractivity contribution < 1.29 is 14.8 Å². The van der Waals surface area contributed by atoms with Crippen LogP contribution in [-0.2, 0) is 11.3 Å². The minimum absolute atomic E-state index is 0.0879. The minimum atomic E-state index is -0.846. The first-order chi connectivity index (χ1) is 8.99. The average molecular weight is 285 g/mol. The zero-order chi connectivity index (χ0) is 14.0. The summed E-state index contributed by atoms with van der Waals surface area (Å²) in [7, 11) is 0. The lowest BCUT2D eigenvalue weighted by molar-refractivity contribution is -0.384. The molecule has 19 heavy (non-hydrogen) atoms. The van der Waals surface area contributed by atoms with E-state index in [-0.39, 0.29) is 10.7 Å². The lowest BCUT2D eigenvalue weighted by Crippen LogP contribution is -2.35. The van der Waals surface area contributed by atoms with Crippen LogP contribution in [0.4, 0.5) is 5.69 Å². The maximum absolute atomic E-state index is 11.1. The van der Waals surface area contributed by atoms with Crippen molar-refractivity contribution in [2.45, 2.75) is 25.4 Å². The maximum Gasteiger partial charge on any atom is 0.320 e. The van der Waals surface area contributed by atoms with Crippen LogP contribution in [0.1, 0.15) is 18.4 Å². The van der Waals surface area contributed by atoms with Gasteiger partial charge in [-0.1, -0.05) is 17.7 Å². The number of carbonyl (C=O) groups is 1. The third-order valence-electron chi connectivity index (χ3n) is 3.24. The van der Waals surface area contributed by atoms with Crippen molar-refractivity contribution in [3.05, 3.63) is 38.9 Å². The molecule has 1 fully saturated rings.